The Morgan fingerprint density at radius 3 is 2.70 bits per heavy atom. The summed E-state index contributed by atoms with van der Waals surface area (Å²) < 4.78 is 11.3. The molecule has 0 N–H and O–H groups in total. The van der Waals surface area contributed by atoms with Crippen LogP contribution in [0.15, 0.2) is 30.6 Å². The first kappa shape index (κ1) is 13.3. The molecule has 5 heteroatoms. The van der Waals surface area contributed by atoms with Gasteiger partial charge < -0.3 is 14.4 Å². The van der Waals surface area contributed by atoms with Crippen molar-refractivity contribution in [1.82, 2.24) is 9.88 Å². The number of carbonyl (C=O) groups is 1. The normalized spacial score (nSPS) is 21.7. The molecule has 0 radical (unpaired) electrons. The topological polar surface area (TPSA) is 51.7 Å². The Morgan fingerprint density at radius 1 is 1.30 bits per heavy atom. The van der Waals surface area contributed by atoms with Gasteiger partial charge in [0.2, 0.25) is 5.91 Å². The second kappa shape index (κ2) is 5.73. The highest BCUT2D eigenvalue weighted by Crippen LogP contribution is 2.31. The number of hydrogen-bond acceptors (Lipinski definition) is 4. The molecule has 1 amide bonds. The summed E-state index contributed by atoms with van der Waals surface area (Å²) in [5.41, 5.74) is 0.928. The number of pyridine rings is 1. The highest BCUT2D eigenvalue weighted by molar-refractivity contribution is 5.91. The lowest BCUT2D eigenvalue weighted by Gasteiger charge is -2.37. The molecule has 0 unspecified atom stereocenters. The number of nitrogens with zero attached hydrogens (tertiary/aromatic N) is 2. The van der Waals surface area contributed by atoms with Crippen LogP contribution in [0.25, 0.3) is 6.08 Å². The van der Waals surface area contributed by atoms with E-state index in [4.69, 9.17) is 9.47 Å². The van der Waals surface area contributed by atoms with Gasteiger partial charge in [-0.1, -0.05) is 6.07 Å². The summed E-state index contributed by atoms with van der Waals surface area (Å²) in [5.74, 6) is -0.397. The van der Waals surface area contributed by atoms with Gasteiger partial charge in [-0.2, -0.15) is 0 Å². The average Bonchev–Trinajstić information content (AvgIpc) is 2.95. The highest BCUT2D eigenvalue weighted by Gasteiger charge is 2.40. The van der Waals surface area contributed by atoms with Crippen LogP contribution < -0.4 is 0 Å². The van der Waals surface area contributed by atoms with Crippen LogP contribution in [0.3, 0.4) is 0 Å². The zero-order valence-electron chi connectivity index (χ0n) is 11.3. The van der Waals surface area contributed by atoms with Gasteiger partial charge in [0.15, 0.2) is 5.79 Å². The molecule has 0 atom stereocenters. The largest absolute Gasteiger partial charge is 0.347 e. The minimum absolute atomic E-state index is 0.0294. The van der Waals surface area contributed by atoms with Gasteiger partial charge in [-0.25, -0.2) is 0 Å². The van der Waals surface area contributed by atoms with Gasteiger partial charge in [0.05, 0.1) is 13.2 Å². The Morgan fingerprint density at radius 2 is 2.05 bits per heavy atom. The van der Waals surface area contributed by atoms with E-state index in [2.05, 4.69) is 4.98 Å². The molecule has 0 bridgehead atoms. The molecule has 2 saturated heterocycles. The van der Waals surface area contributed by atoms with Crippen molar-refractivity contribution in [2.24, 2.45) is 0 Å². The van der Waals surface area contributed by atoms with Crippen LogP contribution in [-0.2, 0) is 14.3 Å². The number of carbonyl (C=O) groups excluding carboxylic acids is 1. The third-order valence-corrected chi connectivity index (χ3v) is 3.75. The van der Waals surface area contributed by atoms with E-state index in [1.54, 1.807) is 24.5 Å². The van der Waals surface area contributed by atoms with Gasteiger partial charge in [-0.15, -0.1) is 0 Å². The van der Waals surface area contributed by atoms with Crippen LogP contribution in [-0.4, -0.2) is 47.9 Å². The number of likely N-dealkylation sites (tertiary alicyclic amines) is 1. The summed E-state index contributed by atoms with van der Waals surface area (Å²) in [5, 5.41) is 0. The number of amides is 1. The fourth-order valence-corrected chi connectivity index (χ4v) is 2.60. The molecule has 5 nitrogen and oxygen atoms in total. The van der Waals surface area contributed by atoms with Crippen molar-refractivity contribution in [3.63, 3.8) is 0 Å². The van der Waals surface area contributed by atoms with Gasteiger partial charge in [-0.3, -0.25) is 9.78 Å². The molecule has 2 aliphatic heterocycles. The van der Waals surface area contributed by atoms with Crippen LogP contribution in [0.2, 0.25) is 0 Å². The Kier molecular flexibility index (Phi) is 3.80. The van der Waals surface area contributed by atoms with E-state index in [1.165, 1.54) is 0 Å². The summed E-state index contributed by atoms with van der Waals surface area (Å²) in [6.45, 7) is 2.68. The van der Waals surface area contributed by atoms with Gasteiger partial charge >= 0.3 is 0 Å². The Bertz CT molecular complexity index is 485. The standard InChI is InChI=1S/C15H18N2O3/c18-14(4-3-13-2-1-7-16-12-13)17-8-5-15(6-9-17)19-10-11-20-15/h1-4,7,12H,5-6,8-11H2/b4-3+. The van der Waals surface area contributed by atoms with E-state index in [0.29, 0.717) is 26.3 Å². The van der Waals surface area contributed by atoms with Crippen molar-refractivity contribution >= 4 is 12.0 Å². The number of hydrogen-bond donors (Lipinski definition) is 0. The first-order valence-corrected chi connectivity index (χ1v) is 6.92. The molecule has 3 heterocycles. The van der Waals surface area contributed by atoms with Gasteiger partial charge in [0.1, 0.15) is 0 Å². The lowest BCUT2D eigenvalue weighted by molar-refractivity contribution is -0.186. The summed E-state index contributed by atoms with van der Waals surface area (Å²) in [7, 11) is 0. The van der Waals surface area contributed by atoms with Gasteiger partial charge in [-0.05, 0) is 17.7 Å². The SMILES string of the molecule is O=C(/C=C/c1cccnc1)N1CCC2(CC1)OCCO2. The molecular formula is C15H18N2O3. The summed E-state index contributed by atoms with van der Waals surface area (Å²) >= 11 is 0. The molecule has 0 saturated carbocycles. The van der Waals surface area contributed by atoms with Gasteiger partial charge in [0.25, 0.3) is 0 Å². The van der Waals surface area contributed by atoms with E-state index >= 15 is 0 Å². The first-order chi connectivity index (χ1) is 9.77. The molecular weight excluding hydrogens is 256 g/mol. The molecule has 0 aliphatic carbocycles. The van der Waals surface area contributed by atoms with Crippen molar-refractivity contribution in [2.75, 3.05) is 26.3 Å². The predicted octanol–water partition coefficient (Wildman–Crippen LogP) is 1.46. The van der Waals surface area contributed by atoms with E-state index in [9.17, 15) is 4.79 Å². The summed E-state index contributed by atoms with van der Waals surface area (Å²) in [6, 6.07) is 3.77. The minimum atomic E-state index is -0.427. The van der Waals surface area contributed by atoms with E-state index in [-0.39, 0.29) is 5.91 Å². The predicted molar refractivity (Wildman–Crippen MR) is 73.7 cm³/mol. The lowest BCUT2D eigenvalue weighted by Crippen LogP contribution is -2.46. The molecule has 2 fully saturated rings. The van der Waals surface area contributed by atoms with Crippen LogP contribution in [0.1, 0.15) is 18.4 Å². The second-order valence-electron chi connectivity index (χ2n) is 5.05. The minimum Gasteiger partial charge on any atom is -0.347 e. The van der Waals surface area contributed by atoms with Crippen molar-refractivity contribution in [1.29, 1.82) is 0 Å². The molecule has 20 heavy (non-hydrogen) atoms. The van der Waals surface area contributed by atoms with E-state index in [0.717, 1.165) is 18.4 Å². The first-order valence-electron chi connectivity index (χ1n) is 6.92. The maximum atomic E-state index is 12.1. The monoisotopic (exact) mass is 274 g/mol. The molecule has 2 aliphatic rings. The van der Waals surface area contributed by atoms with Crippen molar-refractivity contribution < 1.29 is 14.3 Å². The second-order valence-corrected chi connectivity index (χ2v) is 5.05. The zero-order valence-corrected chi connectivity index (χ0v) is 11.3. The fourth-order valence-electron chi connectivity index (χ4n) is 2.60. The molecule has 106 valence electrons. The van der Waals surface area contributed by atoms with Crippen LogP contribution >= 0.6 is 0 Å². The maximum Gasteiger partial charge on any atom is 0.246 e. The third kappa shape index (κ3) is 2.89. The Hall–Kier alpha value is -1.72. The quantitative estimate of drug-likeness (QED) is 0.766. The van der Waals surface area contributed by atoms with Crippen molar-refractivity contribution in [3.8, 4) is 0 Å². The van der Waals surface area contributed by atoms with E-state index in [1.807, 2.05) is 17.0 Å². The molecule has 1 aromatic heterocycles. The number of ether oxygens (including phenoxy) is 2. The lowest BCUT2D eigenvalue weighted by atomic mass is 10.0. The number of piperidine rings is 1. The smallest absolute Gasteiger partial charge is 0.246 e. The number of aromatic nitrogens is 1. The zero-order chi connectivity index (χ0) is 13.8. The molecule has 1 spiro atoms. The highest BCUT2D eigenvalue weighted by atomic mass is 16.7. The summed E-state index contributed by atoms with van der Waals surface area (Å²) in [6.07, 6.45) is 8.34. The average molecular weight is 274 g/mol. The Labute approximate surface area is 118 Å². The molecule has 1 aromatic rings. The molecule has 0 aromatic carbocycles. The van der Waals surface area contributed by atoms with E-state index < -0.39 is 5.79 Å². The van der Waals surface area contributed by atoms with Crippen molar-refractivity contribution in [2.45, 2.75) is 18.6 Å². The number of rotatable bonds is 2. The maximum absolute atomic E-state index is 12.1. The van der Waals surface area contributed by atoms with Crippen LogP contribution in [0.4, 0.5) is 0 Å². The molecule has 3 rings (SSSR count). The fraction of sp³-hybridized carbons (Fsp3) is 0.467. The summed E-state index contributed by atoms with van der Waals surface area (Å²) in [4.78, 5) is 18.0. The van der Waals surface area contributed by atoms with Gasteiger partial charge in [0, 0.05) is 44.4 Å². The van der Waals surface area contributed by atoms with Crippen LogP contribution in [0, 0.1) is 0 Å². The Balaban J connectivity index is 1.55. The van der Waals surface area contributed by atoms with Crippen molar-refractivity contribution in [3.05, 3.63) is 36.2 Å². The third-order valence-electron chi connectivity index (χ3n) is 3.75. The van der Waals surface area contributed by atoms with Crippen LogP contribution in [0.5, 0.6) is 0 Å².